The van der Waals surface area contributed by atoms with E-state index in [1.54, 1.807) is 11.8 Å². The summed E-state index contributed by atoms with van der Waals surface area (Å²) in [5, 5.41) is 3.12. The molecule has 0 fully saturated rings. The molecule has 1 aromatic rings. The summed E-state index contributed by atoms with van der Waals surface area (Å²) in [6.07, 6.45) is 2.00. The number of hydrogen-bond donors (Lipinski definition) is 2. The number of nitrogens with one attached hydrogen (secondary N) is 1. The lowest BCUT2D eigenvalue weighted by Crippen LogP contribution is -2.42. The van der Waals surface area contributed by atoms with Crippen molar-refractivity contribution in [2.24, 2.45) is 13.0 Å². The zero-order chi connectivity index (χ0) is 15.4. The summed E-state index contributed by atoms with van der Waals surface area (Å²) in [5.74, 6) is 1.34. The van der Waals surface area contributed by atoms with Crippen LogP contribution in [0.4, 0.5) is 11.5 Å². The number of nitrogens with zero attached hydrogens (tertiary/aromatic N) is 2. The number of rotatable bonds is 6. The Bertz CT molecular complexity index is 577. The van der Waals surface area contributed by atoms with Gasteiger partial charge in [0.1, 0.15) is 11.5 Å². The minimum absolute atomic E-state index is 0.102. The van der Waals surface area contributed by atoms with E-state index in [-0.39, 0.29) is 29.0 Å². The monoisotopic (exact) mass is 300 g/mol. The molecule has 0 spiro atoms. The number of hydrogen-bond acceptors (Lipinski definition) is 5. The van der Waals surface area contributed by atoms with E-state index in [9.17, 15) is 9.59 Å². The van der Waals surface area contributed by atoms with Gasteiger partial charge in [0.2, 0.25) is 0 Å². The Morgan fingerprint density at radius 3 is 2.40 bits per heavy atom. The Kier molecular flexibility index (Phi) is 5.74. The molecule has 20 heavy (non-hydrogen) atoms. The molecule has 0 radical (unpaired) electrons. The van der Waals surface area contributed by atoms with Gasteiger partial charge in [0, 0.05) is 25.4 Å². The maximum absolute atomic E-state index is 12.2. The third-order valence-electron chi connectivity index (χ3n) is 2.94. The molecule has 0 amide bonds. The fourth-order valence-electron chi connectivity index (χ4n) is 2.00. The predicted molar refractivity (Wildman–Crippen MR) is 86.7 cm³/mol. The summed E-state index contributed by atoms with van der Waals surface area (Å²) in [4.78, 5) is 24.3. The van der Waals surface area contributed by atoms with Gasteiger partial charge in [-0.25, -0.2) is 4.79 Å². The number of anilines is 2. The molecule has 0 aliphatic carbocycles. The molecule has 7 heteroatoms. The third-order valence-corrected chi connectivity index (χ3v) is 3.77. The first kappa shape index (κ1) is 16.7. The normalized spacial score (nSPS) is 12.7. The van der Waals surface area contributed by atoms with Gasteiger partial charge in [-0.05, 0) is 19.1 Å². The van der Waals surface area contributed by atoms with E-state index >= 15 is 0 Å². The van der Waals surface area contributed by atoms with E-state index in [0.717, 1.165) is 10.3 Å². The highest BCUT2D eigenvalue weighted by Crippen LogP contribution is 2.14. The van der Waals surface area contributed by atoms with Crippen molar-refractivity contribution in [3.8, 4) is 0 Å². The van der Waals surface area contributed by atoms with E-state index in [4.69, 9.17) is 5.73 Å². The minimum Gasteiger partial charge on any atom is -0.383 e. The van der Waals surface area contributed by atoms with E-state index in [1.165, 1.54) is 11.6 Å². The van der Waals surface area contributed by atoms with Crippen molar-refractivity contribution < 1.29 is 0 Å². The number of nitrogen functional groups attached to an aromatic ring is 1. The Hall–Kier alpha value is -1.37. The zero-order valence-corrected chi connectivity index (χ0v) is 13.6. The molecule has 1 rings (SSSR count). The fourth-order valence-corrected chi connectivity index (χ4v) is 2.58. The molecular weight excluding hydrogens is 276 g/mol. The van der Waals surface area contributed by atoms with Crippen LogP contribution in [0.2, 0.25) is 0 Å². The molecule has 0 saturated heterocycles. The summed E-state index contributed by atoms with van der Waals surface area (Å²) in [6.45, 7) is 6.47. The van der Waals surface area contributed by atoms with Crippen LogP contribution in [-0.4, -0.2) is 27.2 Å². The third kappa shape index (κ3) is 3.59. The van der Waals surface area contributed by atoms with Crippen LogP contribution in [-0.2, 0) is 13.6 Å². The van der Waals surface area contributed by atoms with Crippen LogP contribution in [0.25, 0.3) is 0 Å². The van der Waals surface area contributed by atoms with Crippen LogP contribution >= 0.6 is 11.8 Å². The maximum Gasteiger partial charge on any atom is 0.332 e. The average molecular weight is 300 g/mol. The standard InChI is InChI=1S/C13H24N4O2S/c1-8(2)6-17-11(14)10(15-9(3)7-20-5)12(18)16(4)13(17)19/h8-9,15H,6-7,14H2,1-5H3. The molecule has 1 aromatic heterocycles. The molecular formula is C13H24N4O2S. The highest BCUT2D eigenvalue weighted by molar-refractivity contribution is 7.98. The van der Waals surface area contributed by atoms with Gasteiger partial charge in [-0.3, -0.25) is 13.9 Å². The topological polar surface area (TPSA) is 82.0 Å². The Morgan fingerprint density at radius 1 is 1.30 bits per heavy atom. The lowest BCUT2D eigenvalue weighted by atomic mass is 10.2. The van der Waals surface area contributed by atoms with Crippen molar-refractivity contribution in [2.75, 3.05) is 23.1 Å². The number of thioether (sulfide) groups is 1. The van der Waals surface area contributed by atoms with Crippen molar-refractivity contribution >= 4 is 23.3 Å². The van der Waals surface area contributed by atoms with Crippen molar-refractivity contribution in [1.82, 2.24) is 9.13 Å². The average Bonchev–Trinajstić information content (AvgIpc) is 2.37. The van der Waals surface area contributed by atoms with Gasteiger partial charge >= 0.3 is 5.69 Å². The van der Waals surface area contributed by atoms with Crippen molar-refractivity contribution in [3.63, 3.8) is 0 Å². The molecule has 0 saturated carbocycles. The highest BCUT2D eigenvalue weighted by atomic mass is 32.2. The van der Waals surface area contributed by atoms with Crippen LogP contribution in [0, 0.1) is 5.92 Å². The quantitative estimate of drug-likeness (QED) is 0.817. The second-order valence-electron chi connectivity index (χ2n) is 5.41. The zero-order valence-electron chi connectivity index (χ0n) is 12.8. The summed E-state index contributed by atoms with van der Waals surface area (Å²) in [7, 11) is 1.48. The first-order chi connectivity index (χ1) is 9.29. The Morgan fingerprint density at radius 2 is 1.90 bits per heavy atom. The van der Waals surface area contributed by atoms with Crippen LogP contribution in [0.5, 0.6) is 0 Å². The summed E-state index contributed by atoms with van der Waals surface area (Å²) in [6, 6.07) is 0.102. The molecule has 114 valence electrons. The van der Waals surface area contributed by atoms with Gasteiger partial charge in [0.25, 0.3) is 5.56 Å². The van der Waals surface area contributed by atoms with Gasteiger partial charge in [0.15, 0.2) is 0 Å². The first-order valence-electron chi connectivity index (χ1n) is 6.64. The van der Waals surface area contributed by atoms with Gasteiger partial charge in [0.05, 0.1) is 0 Å². The second-order valence-corrected chi connectivity index (χ2v) is 6.32. The molecule has 1 heterocycles. The molecule has 0 aliphatic heterocycles. The van der Waals surface area contributed by atoms with E-state index in [0.29, 0.717) is 12.2 Å². The van der Waals surface area contributed by atoms with Crippen LogP contribution < -0.4 is 22.3 Å². The molecule has 0 aromatic carbocycles. The lowest BCUT2D eigenvalue weighted by Gasteiger charge is -2.20. The molecule has 0 bridgehead atoms. The SMILES string of the molecule is CSCC(C)Nc1c(N)n(CC(C)C)c(=O)n(C)c1=O. The molecule has 6 nitrogen and oxygen atoms in total. The fraction of sp³-hybridized carbons (Fsp3) is 0.692. The van der Waals surface area contributed by atoms with Gasteiger partial charge in [-0.1, -0.05) is 13.8 Å². The largest absolute Gasteiger partial charge is 0.383 e. The van der Waals surface area contributed by atoms with Crippen LogP contribution in [0.3, 0.4) is 0 Å². The predicted octanol–water partition coefficient (Wildman–Crippen LogP) is 0.949. The van der Waals surface area contributed by atoms with Crippen molar-refractivity contribution in [2.45, 2.75) is 33.4 Å². The summed E-state index contributed by atoms with van der Waals surface area (Å²) in [5.41, 5.74) is 5.60. The van der Waals surface area contributed by atoms with Crippen LogP contribution in [0.15, 0.2) is 9.59 Å². The van der Waals surface area contributed by atoms with Gasteiger partial charge in [-0.15, -0.1) is 0 Å². The van der Waals surface area contributed by atoms with E-state index in [1.807, 2.05) is 27.0 Å². The maximum atomic E-state index is 12.2. The van der Waals surface area contributed by atoms with E-state index in [2.05, 4.69) is 5.32 Å². The van der Waals surface area contributed by atoms with Crippen molar-refractivity contribution in [1.29, 1.82) is 0 Å². The Labute approximate surface area is 123 Å². The van der Waals surface area contributed by atoms with E-state index < -0.39 is 0 Å². The summed E-state index contributed by atoms with van der Waals surface area (Å²) < 4.78 is 2.56. The smallest absolute Gasteiger partial charge is 0.332 e. The molecule has 0 aliphatic rings. The highest BCUT2D eigenvalue weighted by Gasteiger charge is 2.17. The number of nitrogens with two attached hydrogens (primary N) is 1. The minimum atomic E-state index is -0.375. The first-order valence-corrected chi connectivity index (χ1v) is 8.03. The summed E-state index contributed by atoms with van der Waals surface area (Å²) >= 11 is 1.68. The van der Waals surface area contributed by atoms with Gasteiger partial charge in [-0.2, -0.15) is 11.8 Å². The van der Waals surface area contributed by atoms with Crippen molar-refractivity contribution in [3.05, 3.63) is 20.8 Å². The number of aromatic nitrogens is 2. The second kappa shape index (κ2) is 6.88. The molecule has 1 unspecified atom stereocenters. The molecule has 3 N–H and O–H groups in total. The molecule has 1 atom stereocenters. The lowest BCUT2D eigenvalue weighted by molar-refractivity contribution is 0.494. The van der Waals surface area contributed by atoms with Gasteiger partial charge < -0.3 is 11.1 Å². The van der Waals surface area contributed by atoms with Crippen LogP contribution in [0.1, 0.15) is 20.8 Å². The Balaban J connectivity index is 3.34.